The molecule has 1 atom stereocenters. The SMILES string of the molecule is Cn1cc(CN2CCC[C@@H]2c2cccc(Nc3ccc(C#N)nc3)n2)c2ccccc21. The van der Waals surface area contributed by atoms with E-state index in [4.69, 9.17) is 10.2 Å². The second-order valence-corrected chi connectivity index (χ2v) is 8.03. The number of nitrogens with zero attached hydrogens (tertiary/aromatic N) is 5. The predicted molar refractivity (Wildman–Crippen MR) is 122 cm³/mol. The molecule has 5 rings (SSSR count). The molecule has 0 aliphatic carbocycles. The van der Waals surface area contributed by atoms with Crippen LogP contribution < -0.4 is 5.32 Å². The zero-order chi connectivity index (χ0) is 21.2. The summed E-state index contributed by atoms with van der Waals surface area (Å²) in [4.78, 5) is 11.6. The van der Waals surface area contributed by atoms with Crippen molar-refractivity contribution in [3.63, 3.8) is 0 Å². The van der Waals surface area contributed by atoms with Crippen molar-refractivity contribution in [3.8, 4) is 6.07 Å². The summed E-state index contributed by atoms with van der Waals surface area (Å²) < 4.78 is 2.21. The van der Waals surface area contributed by atoms with Crippen LogP contribution in [-0.2, 0) is 13.6 Å². The van der Waals surface area contributed by atoms with Crippen LogP contribution >= 0.6 is 0 Å². The van der Waals surface area contributed by atoms with E-state index in [9.17, 15) is 0 Å². The van der Waals surface area contributed by atoms with Gasteiger partial charge in [0.05, 0.1) is 23.6 Å². The normalized spacial score (nSPS) is 16.5. The summed E-state index contributed by atoms with van der Waals surface area (Å²) in [5.74, 6) is 0.793. The molecule has 0 bridgehead atoms. The molecule has 0 saturated carbocycles. The Labute approximate surface area is 181 Å². The maximum absolute atomic E-state index is 8.91. The van der Waals surface area contributed by atoms with Gasteiger partial charge in [-0.1, -0.05) is 24.3 Å². The molecule has 1 N–H and O–H groups in total. The van der Waals surface area contributed by atoms with Crippen LogP contribution in [-0.4, -0.2) is 26.0 Å². The Morgan fingerprint density at radius 3 is 2.87 bits per heavy atom. The van der Waals surface area contributed by atoms with Gasteiger partial charge in [-0.2, -0.15) is 5.26 Å². The molecule has 0 spiro atoms. The fourth-order valence-electron chi connectivity index (χ4n) is 4.51. The number of fused-ring (bicyclic) bond motifs is 1. The van der Waals surface area contributed by atoms with Gasteiger partial charge in [-0.05, 0) is 55.3 Å². The van der Waals surface area contributed by atoms with E-state index in [2.05, 4.69) is 69.4 Å². The number of nitriles is 1. The first-order valence-corrected chi connectivity index (χ1v) is 10.6. The van der Waals surface area contributed by atoms with Crippen molar-refractivity contribution in [2.45, 2.75) is 25.4 Å². The number of pyridine rings is 2. The third-order valence-electron chi connectivity index (χ3n) is 5.98. The molecule has 6 heteroatoms. The summed E-state index contributed by atoms with van der Waals surface area (Å²) in [5.41, 5.74) is 4.95. The van der Waals surface area contributed by atoms with Crippen molar-refractivity contribution < 1.29 is 0 Å². The Hall–Kier alpha value is -3.69. The molecule has 4 aromatic rings. The summed E-state index contributed by atoms with van der Waals surface area (Å²) in [7, 11) is 2.11. The van der Waals surface area contributed by atoms with Gasteiger partial charge >= 0.3 is 0 Å². The van der Waals surface area contributed by atoms with Gasteiger partial charge in [0.15, 0.2) is 0 Å². The summed E-state index contributed by atoms with van der Waals surface area (Å²) in [6.45, 7) is 2.00. The maximum Gasteiger partial charge on any atom is 0.140 e. The maximum atomic E-state index is 8.91. The third-order valence-corrected chi connectivity index (χ3v) is 5.98. The molecule has 6 nitrogen and oxygen atoms in total. The number of likely N-dealkylation sites (tertiary alicyclic amines) is 1. The number of hydrogen-bond acceptors (Lipinski definition) is 5. The molecule has 1 aliphatic rings. The lowest BCUT2D eigenvalue weighted by atomic mass is 10.1. The average molecular weight is 409 g/mol. The number of hydrogen-bond donors (Lipinski definition) is 1. The molecule has 1 saturated heterocycles. The zero-order valence-corrected chi connectivity index (χ0v) is 17.5. The van der Waals surface area contributed by atoms with Gasteiger partial charge < -0.3 is 9.88 Å². The minimum atomic E-state index is 0.305. The van der Waals surface area contributed by atoms with E-state index >= 15 is 0 Å². The van der Waals surface area contributed by atoms with E-state index in [1.807, 2.05) is 18.2 Å². The Morgan fingerprint density at radius 2 is 2.03 bits per heavy atom. The van der Waals surface area contributed by atoms with E-state index < -0.39 is 0 Å². The highest BCUT2D eigenvalue weighted by molar-refractivity contribution is 5.83. The smallest absolute Gasteiger partial charge is 0.140 e. The average Bonchev–Trinajstić information content (AvgIpc) is 3.39. The lowest BCUT2D eigenvalue weighted by Crippen LogP contribution is -2.23. The minimum Gasteiger partial charge on any atom is -0.350 e. The van der Waals surface area contributed by atoms with Crippen molar-refractivity contribution in [2.24, 2.45) is 7.05 Å². The fraction of sp³-hybridized carbons (Fsp3) is 0.240. The van der Waals surface area contributed by atoms with Crippen LogP contribution in [0.1, 0.15) is 35.8 Å². The van der Waals surface area contributed by atoms with E-state index in [0.29, 0.717) is 11.7 Å². The number of benzene rings is 1. The van der Waals surface area contributed by atoms with Crippen molar-refractivity contribution in [2.75, 3.05) is 11.9 Å². The van der Waals surface area contributed by atoms with E-state index in [1.54, 1.807) is 12.3 Å². The van der Waals surface area contributed by atoms with Crippen LogP contribution in [0.15, 0.2) is 67.0 Å². The second-order valence-electron chi connectivity index (χ2n) is 8.03. The fourth-order valence-corrected chi connectivity index (χ4v) is 4.51. The van der Waals surface area contributed by atoms with Crippen LogP contribution in [0.4, 0.5) is 11.5 Å². The van der Waals surface area contributed by atoms with Gasteiger partial charge in [-0.3, -0.25) is 4.90 Å². The first-order chi connectivity index (χ1) is 15.2. The summed E-state index contributed by atoms with van der Waals surface area (Å²) >= 11 is 0. The Kier molecular flexibility index (Phi) is 5.11. The topological polar surface area (TPSA) is 69.8 Å². The van der Waals surface area contributed by atoms with Gasteiger partial charge in [0.25, 0.3) is 0 Å². The number of aromatic nitrogens is 3. The van der Waals surface area contributed by atoms with Gasteiger partial charge in [-0.15, -0.1) is 0 Å². The third kappa shape index (κ3) is 3.88. The lowest BCUT2D eigenvalue weighted by Gasteiger charge is -2.24. The first-order valence-electron chi connectivity index (χ1n) is 10.6. The summed E-state index contributed by atoms with van der Waals surface area (Å²) in [6, 6.07) is 20.6. The number of anilines is 2. The highest BCUT2D eigenvalue weighted by Crippen LogP contribution is 2.34. The molecule has 3 aromatic heterocycles. The first kappa shape index (κ1) is 19.3. The molecule has 0 amide bonds. The van der Waals surface area contributed by atoms with E-state index in [-0.39, 0.29) is 0 Å². The molecule has 1 aliphatic heterocycles. The highest BCUT2D eigenvalue weighted by atomic mass is 15.2. The molecule has 0 unspecified atom stereocenters. The molecule has 31 heavy (non-hydrogen) atoms. The van der Waals surface area contributed by atoms with Gasteiger partial charge in [0.2, 0.25) is 0 Å². The zero-order valence-electron chi connectivity index (χ0n) is 17.5. The van der Waals surface area contributed by atoms with Gasteiger partial charge in [0, 0.05) is 30.7 Å². The summed E-state index contributed by atoms with van der Waals surface area (Å²) in [5, 5.41) is 13.5. The Balaban J connectivity index is 1.36. The largest absolute Gasteiger partial charge is 0.350 e. The number of rotatable bonds is 5. The molecular weight excluding hydrogens is 384 g/mol. The van der Waals surface area contributed by atoms with Crippen molar-refractivity contribution in [1.29, 1.82) is 5.26 Å². The monoisotopic (exact) mass is 408 g/mol. The Morgan fingerprint density at radius 1 is 1.13 bits per heavy atom. The molecule has 4 heterocycles. The van der Waals surface area contributed by atoms with Crippen LogP contribution in [0.3, 0.4) is 0 Å². The summed E-state index contributed by atoms with van der Waals surface area (Å²) in [6.07, 6.45) is 6.20. The van der Waals surface area contributed by atoms with Crippen LogP contribution in [0.2, 0.25) is 0 Å². The van der Waals surface area contributed by atoms with E-state index in [1.165, 1.54) is 22.9 Å². The molecule has 0 radical (unpaired) electrons. The minimum absolute atomic E-state index is 0.305. The molecule has 154 valence electrons. The predicted octanol–water partition coefficient (Wildman–Crippen LogP) is 4.92. The number of aryl methyl sites for hydroxylation is 1. The van der Waals surface area contributed by atoms with Crippen molar-refractivity contribution in [1.82, 2.24) is 19.4 Å². The van der Waals surface area contributed by atoms with Crippen LogP contribution in [0.25, 0.3) is 10.9 Å². The molecule has 1 aromatic carbocycles. The molecular formula is C25H24N6. The van der Waals surface area contributed by atoms with E-state index in [0.717, 1.165) is 36.7 Å². The van der Waals surface area contributed by atoms with Crippen molar-refractivity contribution in [3.05, 3.63) is 83.9 Å². The standard InChI is InChI=1S/C25H24N6/c1-30-16-18(21-6-2-3-8-23(21)30)17-31-13-5-9-24(31)22-7-4-10-25(29-22)28-20-12-11-19(14-26)27-15-20/h2-4,6-8,10-12,15-16,24H,5,9,13,17H2,1H3,(H,28,29)/t24-/m1/s1. The number of para-hydroxylation sites is 1. The van der Waals surface area contributed by atoms with Gasteiger partial charge in [-0.25, -0.2) is 9.97 Å². The highest BCUT2D eigenvalue weighted by Gasteiger charge is 2.28. The quantitative estimate of drug-likeness (QED) is 0.507. The molecule has 1 fully saturated rings. The van der Waals surface area contributed by atoms with Crippen molar-refractivity contribution >= 4 is 22.4 Å². The van der Waals surface area contributed by atoms with Gasteiger partial charge in [0.1, 0.15) is 17.6 Å². The van der Waals surface area contributed by atoms with Crippen LogP contribution in [0.5, 0.6) is 0 Å². The lowest BCUT2D eigenvalue weighted by molar-refractivity contribution is 0.245. The second kappa shape index (κ2) is 8.21. The Bertz CT molecular complexity index is 1250. The van der Waals surface area contributed by atoms with Crippen LogP contribution in [0, 0.1) is 11.3 Å². The number of nitrogens with one attached hydrogen (secondary N) is 1.